The van der Waals surface area contributed by atoms with Gasteiger partial charge in [-0.05, 0) is 50.6 Å². The van der Waals surface area contributed by atoms with Gasteiger partial charge >= 0.3 is 5.97 Å². The molecule has 1 saturated heterocycles. The predicted molar refractivity (Wildman–Crippen MR) is 118 cm³/mol. The van der Waals surface area contributed by atoms with Gasteiger partial charge in [0.05, 0.1) is 17.8 Å². The molecule has 2 heterocycles. The summed E-state index contributed by atoms with van der Waals surface area (Å²) in [5, 5.41) is 2.72. The average molecular weight is 440 g/mol. The topological polar surface area (TPSA) is 86.3 Å². The summed E-state index contributed by atoms with van der Waals surface area (Å²) < 4.78 is 21.7. The highest BCUT2D eigenvalue weighted by molar-refractivity contribution is 5.97. The lowest BCUT2D eigenvalue weighted by molar-refractivity contribution is -0.123. The van der Waals surface area contributed by atoms with Crippen LogP contribution in [0.25, 0.3) is 0 Å². The maximum atomic E-state index is 12.5. The summed E-state index contributed by atoms with van der Waals surface area (Å²) in [7, 11) is 0. The summed E-state index contributed by atoms with van der Waals surface area (Å²) in [6.45, 7) is 8.40. The Hall–Kier alpha value is -3.10. The van der Waals surface area contributed by atoms with Gasteiger partial charge < -0.3 is 24.3 Å². The number of rotatable bonds is 6. The second-order valence-electron chi connectivity index (χ2n) is 8.25. The molecule has 0 spiro atoms. The Morgan fingerprint density at radius 1 is 1.06 bits per heavy atom. The summed E-state index contributed by atoms with van der Waals surface area (Å²) in [5.41, 5.74) is 2.05. The van der Waals surface area contributed by atoms with Gasteiger partial charge in [-0.2, -0.15) is 0 Å². The molecule has 1 N–H and O–H groups in total. The lowest BCUT2D eigenvalue weighted by Gasteiger charge is -2.35. The number of hydrogen-bond donors (Lipinski definition) is 1. The lowest BCUT2D eigenvalue weighted by Crippen LogP contribution is -2.44. The first-order valence-electron chi connectivity index (χ1n) is 10.8. The van der Waals surface area contributed by atoms with E-state index < -0.39 is 18.0 Å². The first kappa shape index (κ1) is 22.1. The molecular formula is C24H28N2O6. The fourth-order valence-electron chi connectivity index (χ4n) is 3.92. The van der Waals surface area contributed by atoms with Crippen LogP contribution in [-0.2, 0) is 20.8 Å². The van der Waals surface area contributed by atoms with Crippen molar-refractivity contribution < 1.29 is 28.5 Å². The van der Waals surface area contributed by atoms with Gasteiger partial charge in [0.2, 0.25) is 6.79 Å². The van der Waals surface area contributed by atoms with Crippen LogP contribution in [0.1, 0.15) is 36.7 Å². The van der Waals surface area contributed by atoms with Crippen molar-refractivity contribution in [2.45, 2.75) is 45.6 Å². The van der Waals surface area contributed by atoms with E-state index in [4.69, 9.17) is 18.9 Å². The van der Waals surface area contributed by atoms with Crippen molar-refractivity contribution in [2.75, 3.05) is 25.2 Å². The van der Waals surface area contributed by atoms with E-state index in [-0.39, 0.29) is 19.0 Å². The third-order valence-corrected chi connectivity index (χ3v) is 5.38. The summed E-state index contributed by atoms with van der Waals surface area (Å²) in [4.78, 5) is 27.3. The van der Waals surface area contributed by atoms with Gasteiger partial charge in [0, 0.05) is 31.4 Å². The number of fused-ring (bicyclic) bond motifs is 1. The number of hydrogen-bond acceptors (Lipinski definition) is 7. The lowest BCUT2D eigenvalue weighted by atomic mass is 10.1. The van der Waals surface area contributed by atoms with Gasteiger partial charge in [-0.25, -0.2) is 4.79 Å². The number of nitrogens with zero attached hydrogens (tertiary/aromatic N) is 1. The number of ether oxygens (including phenoxy) is 4. The van der Waals surface area contributed by atoms with Gasteiger partial charge in [-0.1, -0.05) is 12.1 Å². The Labute approximate surface area is 187 Å². The fourth-order valence-corrected chi connectivity index (χ4v) is 3.92. The number of amides is 1. The van der Waals surface area contributed by atoms with Crippen LogP contribution in [-0.4, -0.2) is 55.0 Å². The highest BCUT2D eigenvalue weighted by Crippen LogP contribution is 2.34. The normalized spacial score (nSPS) is 21.1. The molecular weight excluding hydrogens is 412 g/mol. The van der Waals surface area contributed by atoms with Gasteiger partial charge in [-0.15, -0.1) is 0 Å². The largest absolute Gasteiger partial charge is 0.454 e. The molecule has 8 nitrogen and oxygen atoms in total. The van der Waals surface area contributed by atoms with Crippen LogP contribution in [0.3, 0.4) is 0 Å². The zero-order valence-corrected chi connectivity index (χ0v) is 18.5. The minimum Gasteiger partial charge on any atom is -0.454 e. The molecule has 1 amide bonds. The average Bonchev–Trinajstić information content (AvgIpc) is 3.21. The molecule has 0 aliphatic carbocycles. The van der Waals surface area contributed by atoms with E-state index in [2.05, 4.69) is 24.1 Å². The van der Waals surface area contributed by atoms with E-state index in [1.165, 1.54) is 6.92 Å². The first-order valence-corrected chi connectivity index (χ1v) is 10.8. The molecule has 8 heteroatoms. The van der Waals surface area contributed by atoms with Crippen LogP contribution in [0, 0.1) is 0 Å². The third kappa shape index (κ3) is 5.38. The zero-order chi connectivity index (χ0) is 22.7. The number of anilines is 1. The molecule has 2 aliphatic rings. The van der Waals surface area contributed by atoms with Crippen molar-refractivity contribution in [1.29, 1.82) is 0 Å². The molecule has 0 saturated carbocycles. The van der Waals surface area contributed by atoms with E-state index >= 15 is 0 Å². The molecule has 0 aromatic heterocycles. The number of esters is 1. The van der Waals surface area contributed by atoms with Gasteiger partial charge in [0.25, 0.3) is 5.91 Å². The number of carbonyl (C=O) groups is 2. The van der Waals surface area contributed by atoms with Gasteiger partial charge in [0.15, 0.2) is 17.6 Å². The Morgan fingerprint density at radius 3 is 2.47 bits per heavy atom. The van der Waals surface area contributed by atoms with Crippen molar-refractivity contribution in [2.24, 2.45) is 0 Å². The number of benzene rings is 2. The highest BCUT2D eigenvalue weighted by atomic mass is 16.7. The highest BCUT2D eigenvalue weighted by Gasteiger charge is 2.23. The summed E-state index contributed by atoms with van der Waals surface area (Å²) in [6, 6.07) is 12.4. The standard InChI is InChI=1S/C24H28N2O6/c1-15-11-26(12-16(2)31-15)13-18-4-6-19(7-5-18)24(28)32-17(3)23(27)25-20-8-9-21-22(10-20)30-14-29-21/h4-10,15-17H,11-14H2,1-3H3,(H,25,27)/t15-,16-,17+/m1/s1. The van der Waals surface area contributed by atoms with Gasteiger partial charge in [0.1, 0.15) is 0 Å². The molecule has 2 aromatic carbocycles. The maximum Gasteiger partial charge on any atom is 0.338 e. The molecule has 2 aromatic rings. The molecule has 1 fully saturated rings. The van der Waals surface area contributed by atoms with Crippen molar-refractivity contribution in [3.63, 3.8) is 0 Å². The van der Waals surface area contributed by atoms with Gasteiger partial charge in [-0.3, -0.25) is 9.69 Å². The third-order valence-electron chi connectivity index (χ3n) is 5.38. The van der Waals surface area contributed by atoms with Crippen LogP contribution in [0.15, 0.2) is 42.5 Å². The van der Waals surface area contributed by atoms with Crippen LogP contribution in [0.5, 0.6) is 11.5 Å². The molecule has 3 atom stereocenters. The van der Waals surface area contributed by atoms with Crippen molar-refractivity contribution >= 4 is 17.6 Å². The van der Waals surface area contributed by atoms with Crippen LogP contribution >= 0.6 is 0 Å². The Kier molecular flexibility index (Phi) is 6.62. The number of carbonyl (C=O) groups excluding carboxylic acids is 2. The zero-order valence-electron chi connectivity index (χ0n) is 18.5. The van der Waals surface area contributed by atoms with E-state index in [1.54, 1.807) is 30.3 Å². The quantitative estimate of drug-likeness (QED) is 0.691. The molecule has 2 aliphatic heterocycles. The summed E-state index contributed by atoms with van der Waals surface area (Å²) in [5.74, 6) is 0.222. The smallest absolute Gasteiger partial charge is 0.338 e. The van der Waals surface area contributed by atoms with E-state index in [0.717, 1.165) is 25.2 Å². The minimum atomic E-state index is -0.955. The molecule has 170 valence electrons. The second kappa shape index (κ2) is 9.58. The summed E-state index contributed by atoms with van der Waals surface area (Å²) >= 11 is 0. The molecule has 32 heavy (non-hydrogen) atoms. The Balaban J connectivity index is 1.29. The van der Waals surface area contributed by atoms with E-state index in [9.17, 15) is 9.59 Å². The van der Waals surface area contributed by atoms with Crippen molar-refractivity contribution in [3.05, 3.63) is 53.6 Å². The van der Waals surface area contributed by atoms with E-state index in [0.29, 0.717) is 22.7 Å². The number of nitrogens with one attached hydrogen (secondary N) is 1. The van der Waals surface area contributed by atoms with Crippen molar-refractivity contribution in [3.8, 4) is 11.5 Å². The first-order chi connectivity index (χ1) is 15.4. The van der Waals surface area contributed by atoms with Crippen LogP contribution in [0.2, 0.25) is 0 Å². The number of morpholine rings is 1. The second-order valence-corrected chi connectivity index (χ2v) is 8.25. The summed E-state index contributed by atoms with van der Waals surface area (Å²) in [6.07, 6.45) is -0.541. The molecule has 0 radical (unpaired) electrons. The minimum absolute atomic E-state index is 0.157. The fraction of sp³-hybridized carbons (Fsp3) is 0.417. The SMILES string of the molecule is C[C@@H]1CN(Cc2ccc(C(=O)O[C@@H](C)C(=O)Nc3ccc4c(c3)OCO4)cc2)C[C@@H](C)O1. The van der Waals surface area contributed by atoms with Crippen LogP contribution < -0.4 is 14.8 Å². The monoisotopic (exact) mass is 440 g/mol. The van der Waals surface area contributed by atoms with E-state index in [1.807, 2.05) is 12.1 Å². The van der Waals surface area contributed by atoms with Crippen molar-refractivity contribution in [1.82, 2.24) is 4.90 Å². The Bertz CT molecular complexity index is 967. The maximum absolute atomic E-state index is 12.5. The molecule has 0 unspecified atom stereocenters. The molecule has 0 bridgehead atoms. The Morgan fingerprint density at radius 2 is 1.75 bits per heavy atom. The van der Waals surface area contributed by atoms with Crippen LogP contribution in [0.4, 0.5) is 5.69 Å². The predicted octanol–water partition coefficient (Wildman–Crippen LogP) is 3.21. The molecule has 4 rings (SSSR count).